The number of phenols is 1. The SMILES string of the molecule is Cc1c(O)c(-c2ccc3cc(N4CCCC4)cnc3n2)cc2cn(C)nc12. The summed E-state index contributed by atoms with van der Waals surface area (Å²) in [5.74, 6) is 0.224. The van der Waals surface area contributed by atoms with Crippen LogP contribution in [-0.4, -0.2) is 37.9 Å². The number of aryl methyl sites for hydroxylation is 2. The van der Waals surface area contributed by atoms with E-state index in [1.165, 1.54) is 12.8 Å². The molecule has 1 aromatic carbocycles. The maximum Gasteiger partial charge on any atom is 0.159 e. The Morgan fingerprint density at radius 2 is 1.89 bits per heavy atom. The normalized spacial score (nSPS) is 14.5. The summed E-state index contributed by atoms with van der Waals surface area (Å²) in [6, 6.07) is 8.08. The van der Waals surface area contributed by atoms with E-state index in [-0.39, 0.29) is 5.75 Å². The van der Waals surface area contributed by atoms with Crippen molar-refractivity contribution in [2.75, 3.05) is 18.0 Å². The smallest absolute Gasteiger partial charge is 0.159 e. The quantitative estimate of drug-likeness (QED) is 0.590. The number of pyridine rings is 2. The van der Waals surface area contributed by atoms with Gasteiger partial charge in [0.2, 0.25) is 0 Å². The van der Waals surface area contributed by atoms with Crippen LogP contribution in [0, 0.1) is 6.92 Å². The molecule has 4 aromatic rings. The summed E-state index contributed by atoms with van der Waals surface area (Å²) in [5.41, 5.74) is 4.86. The van der Waals surface area contributed by atoms with E-state index >= 15 is 0 Å². The Morgan fingerprint density at radius 1 is 1.07 bits per heavy atom. The van der Waals surface area contributed by atoms with Crippen LogP contribution in [-0.2, 0) is 7.05 Å². The summed E-state index contributed by atoms with van der Waals surface area (Å²) in [7, 11) is 1.88. The van der Waals surface area contributed by atoms with E-state index in [0.717, 1.165) is 46.3 Å². The predicted molar refractivity (Wildman–Crippen MR) is 107 cm³/mol. The van der Waals surface area contributed by atoms with Crippen LogP contribution in [0.3, 0.4) is 0 Å². The van der Waals surface area contributed by atoms with Gasteiger partial charge < -0.3 is 10.0 Å². The van der Waals surface area contributed by atoms with Gasteiger partial charge in [0.1, 0.15) is 5.75 Å². The number of hydrogen-bond acceptors (Lipinski definition) is 5. The molecule has 0 amide bonds. The minimum Gasteiger partial charge on any atom is -0.507 e. The second kappa shape index (κ2) is 5.94. The van der Waals surface area contributed by atoms with Gasteiger partial charge in [0.25, 0.3) is 0 Å². The molecular formula is C21H21N5O. The first-order valence-electron chi connectivity index (χ1n) is 9.28. The van der Waals surface area contributed by atoms with Gasteiger partial charge in [-0.1, -0.05) is 0 Å². The van der Waals surface area contributed by atoms with Crippen molar-refractivity contribution >= 4 is 27.6 Å². The van der Waals surface area contributed by atoms with Gasteiger partial charge in [0.15, 0.2) is 5.65 Å². The van der Waals surface area contributed by atoms with Crippen LogP contribution in [0.15, 0.2) is 36.7 Å². The van der Waals surface area contributed by atoms with Crippen LogP contribution < -0.4 is 4.90 Å². The molecule has 3 aromatic heterocycles. The molecular weight excluding hydrogens is 338 g/mol. The van der Waals surface area contributed by atoms with Crippen molar-refractivity contribution in [3.05, 3.63) is 42.2 Å². The molecule has 1 aliphatic rings. The van der Waals surface area contributed by atoms with E-state index in [0.29, 0.717) is 11.2 Å². The first-order valence-corrected chi connectivity index (χ1v) is 9.28. The summed E-state index contributed by atoms with van der Waals surface area (Å²) < 4.78 is 1.76. The van der Waals surface area contributed by atoms with Crippen molar-refractivity contribution in [1.82, 2.24) is 19.7 Å². The van der Waals surface area contributed by atoms with Gasteiger partial charge in [0, 0.05) is 48.2 Å². The molecule has 0 atom stereocenters. The Morgan fingerprint density at radius 3 is 2.70 bits per heavy atom. The van der Waals surface area contributed by atoms with Gasteiger partial charge in [-0.3, -0.25) is 4.68 Å². The largest absolute Gasteiger partial charge is 0.507 e. The number of aromatic nitrogens is 4. The van der Waals surface area contributed by atoms with Crippen LogP contribution in [0.1, 0.15) is 18.4 Å². The third kappa shape index (κ3) is 2.60. The molecule has 1 aliphatic heterocycles. The summed E-state index contributed by atoms with van der Waals surface area (Å²) in [6.45, 7) is 4.07. The van der Waals surface area contributed by atoms with Gasteiger partial charge in [-0.15, -0.1) is 0 Å². The lowest BCUT2D eigenvalue weighted by Gasteiger charge is -2.17. The molecule has 0 spiro atoms. The topological polar surface area (TPSA) is 67.1 Å². The third-order valence-corrected chi connectivity index (χ3v) is 5.40. The molecule has 0 unspecified atom stereocenters. The van der Waals surface area contributed by atoms with E-state index < -0.39 is 0 Å². The summed E-state index contributed by atoms with van der Waals surface area (Å²) in [6.07, 6.45) is 6.34. The zero-order chi connectivity index (χ0) is 18.5. The van der Waals surface area contributed by atoms with Crippen LogP contribution in [0.25, 0.3) is 33.2 Å². The molecule has 0 radical (unpaired) electrons. The van der Waals surface area contributed by atoms with Gasteiger partial charge >= 0.3 is 0 Å². The van der Waals surface area contributed by atoms with Gasteiger partial charge in [0.05, 0.1) is 23.1 Å². The van der Waals surface area contributed by atoms with E-state index in [1.807, 2.05) is 44.6 Å². The molecule has 27 heavy (non-hydrogen) atoms. The molecule has 0 saturated carbocycles. The zero-order valence-electron chi connectivity index (χ0n) is 15.5. The molecule has 6 nitrogen and oxygen atoms in total. The van der Waals surface area contributed by atoms with Crippen LogP contribution in [0.5, 0.6) is 5.75 Å². The number of anilines is 1. The highest BCUT2D eigenvalue weighted by molar-refractivity contribution is 5.91. The van der Waals surface area contributed by atoms with Crippen LogP contribution in [0.4, 0.5) is 5.69 Å². The predicted octanol–water partition coefficient (Wildman–Crippen LogP) is 3.80. The van der Waals surface area contributed by atoms with Crippen molar-refractivity contribution in [3.8, 4) is 17.0 Å². The van der Waals surface area contributed by atoms with E-state index in [9.17, 15) is 5.11 Å². The molecule has 136 valence electrons. The Hall–Kier alpha value is -3.15. The second-order valence-electron chi connectivity index (χ2n) is 7.27. The molecule has 5 rings (SSSR count). The Kier molecular flexibility index (Phi) is 3.53. The first-order chi connectivity index (χ1) is 13.1. The number of aromatic hydroxyl groups is 1. The van der Waals surface area contributed by atoms with Crippen LogP contribution in [0.2, 0.25) is 0 Å². The Balaban J connectivity index is 1.61. The third-order valence-electron chi connectivity index (χ3n) is 5.40. The number of benzene rings is 1. The molecule has 1 fully saturated rings. The fourth-order valence-corrected chi connectivity index (χ4v) is 3.93. The standard InChI is InChI=1S/C21H21N5O/c1-13-19-15(12-25(2)24-19)10-17(20(13)27)18-6-5-14-9-16(11-22-21(14)23-18)26-7-3-4-8-26/h5-6,9-12,27H,3-4,7-8H2,1-2H3. The molecule has 4 heterocycles. The highest BCUT2D eigenvalue weighted by Crippen LogP contribution is 2.36. The van der Waals surface area contributed by atoms with E-state index in [4.69, 9.17) is 4.98 Å². The van der Waals surface area contributed by atoms with Crippen molar-refractivity contribution in [3.63, 3.8) is 0 Å². The fraction of sp³-hybridized carbons (Fsp3) is 0.286. The number of rotatable bonds is 2. The molecule has 1 N–H and O–H groups in total. The highest BCUT2D eigenvalue weighted by atomic mass is 16.3. The average molecular weight is 359 g/mol. The molecule has 6 heteroatoms. The average Bonchev–Trinajstić information content (AvgIpc) is 3.33. The van der Waals surface area contributed by atoms with Crippen molar-refractivity contribution in [1.29, 1.82) is 0 Å². The van der Waals surface area contributed by atoms with Crippen molar-refractivity contribution in [2.45, 2.75) is 19.8 Å². The summed E-state index contributed by atoms with van der Waals surface area (Å²) >= 11 is 0. The molecule has 0 aliphatic carbocycles. The lowest BCUT2D eigenvalue weighted by atomic mass is 10.0. The van der Waals surface area contributed by atoms with Crippen molar-refractivity contribution < 1.29 is 5.11 Å². The lowest BCUT2D eigenvalue weighted by molar-refractivity contribution is 0.474. The monoisotopic (exact) mass is 359 g/mol. The number of phenolic OH excluding ortho intramolecular Hbond substituents is 1. The summed E-state index contributed by atoms with van der Waals surface area (Å²) in [5, 5.41) is 17.1. The minimum absolute atomic E-state index is 0.224. The number of hydrogen-bond donors (Lipinski definition) is 1. The van der Waals surface area contributed by atoms with E-state index in [2.05, 4.69) is 21.0 Å². The first kappa shape index (κ1) is 16.1. The van der Waals surface area contributed by atoms with Gasteiger partial charge in [-0.05, 0) is 44.0 Å². The van der Waals surface area contributed by atoms with Crippen molar-refractivity contribution in [2.24, 2.45) is 7.05 Å². The zero-order valence-corrected chi connectivity index (χ0v) is 15.5. The molecule has 1 saturated heterocycles. The van der Waals surface area contributed by atoms with Gasteiger partial charge in [-0.25, -0.2) is 9.97 Å². The maximum absolute atomic E-state index is 10.7. The Bertz CT molecular complexity index is 1170. The second-order valence-corrected chi connectivity index (χ2v) is 7.27. The molecule has 0 bridgehead atoms. The summed E-state index contributed by atoms with van der Waals surface area (Å²) in [4.78, 5) is 11.7. The fourth-order valence-electron chi connectivity index (χ4n) is 3.93. The maximum atomic E-state index is 10.7. The lowest BCUT2D eigenvalue weighted by Crippen LogP contribution is -2.17. The number of nitrogens with zero attached hydrogens (tertiary/aromatic N) is 5. The minimum atomic E-state index is 0.224. The highest BCUT2D eigenvalue weighted by Gasteiger charge is 2.16. The van der Waals surface area contributed by atoms with Gasteiger partial charge in [-0.2, -0.15) is 5.10 Å². The van der Waals surface area contributed by atoms with Crippen LogP contribution >= 0.6 is 0 Å². The Labute approximate surface area is 157 Å². The number of fused-ring (bicyclic) bond motifs is 2. The van der Waals surface area contributed by atoms with E-state index in [1.54, 1.807) is 4.68 Å².